The smallest absolute Gasteiger partial charge is 0.373 e. The van der Waals surface area contributed by atoms with Gasteiger partial charge in [-0.25, -0.2) is 4.39 Å². The summed E-state index contributed by atoms with van der Waals surface area (Å²) in [6.07, 6.45) is -3.15. The van der Waals surface area contributed by atoms with Crippen molar-refractivity contribution in [3.63, 3.8) is 0 Å². The molecule has 3 atom stereocenters. The van der Waals surface area contributed by atoms with E-state index >= 15 is 0 Å². The van der Waals surface area contributed by atoms with Gasteiger partial charge in [0.25, 0.3) is 0 Å². The second kappa shape index (κ2) is 5.69. The van der Waals surface area contributed by atoms with Crippen LogP contribution >= 0.6 is 0 Å². The number of hydrogen-bond acceptors (Lipinski definition) is 2. The summed E-state index contributed by atoms with van der Waals surface area (Å²) in [6.45, 7) is 1.93. The molecule has 0 bridgehead atoms. The third-order valence-corrected chi connectivity index (χ3v) is 3.60. The van der Waals surface area contributed by atoms with Crippen LogP contribution < -0.4 is 5.32 Å². The average Bonchev–Trinajstić information content (AvgIpc) is 2.77. The van der Waals surface area contributed by atoms with Gasteiger partial charge in [-0.2, -0.15) is 13.2 Å². The van der Waals surface area contributed by atoms with E-state index in [4.69, 9.17) is 4.74 Å². The van der Waals surface area contributed by atoms with Crippen LogP contribution in [0.25, 0.3) is 0 Å². The van der Waals surface area contributed by atoms with E-state index in [-0.39, 0.29) is 18.2 Å². The number of hydrogen-bond donors (Lipinski definition) is 1. The molecule has 0 aliphatic carbocycles. The third kappa shape index (κ3) is 3.12. The summed E-state index contributed by atoms with van der Waals surface area (Å²) < 4.78 is 57.2. The zero-order chi connectivity index (χ0) is 14.9. The van der Waals surface area contributed by atoms with Crippen molar-refractivity contribution in [3.8, 4) is 0 Å². The van der Waals surface area contributed by atoms with Crippen LogP contribution in [0.2, 0.25) is 0 Å². The molecule has 0 saturated carbocycles. The first-order chi connectivity index (χ1) is 9.32. The van der Waals surface area contributed by atoms with Gasteiger partial charge in [-0.05, 0) is 44.5 Å². The summed E-state index contributed by atoms with van der Waals surface area (Å²) >= 11 is 0. The third-order valence-electron chi connectivity index (χ3n) is 3.60. The van der Waals surface area contributed by atoms with Crippen LogP contribution in [0, 0.1) is 5.82 Å². The Morgan fingerprint density at radius 2 is 2.00 bits per heavy atom. The van der Waals surface area contributed by atoms with Gasteiger partial charge in [0.05, 0.1) is 23.8 Å². The average molecular weight is 291 g/mol. The number of ether oxygens (including phenoxy) is 1. The Kier molecular flexibility index (Phi) is 4.34. The number of alkyl halides is 3. The minimum Gasteiger partial charge on any atom is -0.373 e. The molecule has 1 fully saturated rings. The van der Waals surface area contributed by atoms with E-state index in [1.807, 2.05) is 6.92 Å². The molecular formula is C14H17F4NO. The molecule has 1 saturated heterocycles. The number of rotatable bonds is 3. The molecule has 0 spiro atoms. The highest BCUT2D eigenvalue weighted by atomic mass is 19.4. The molecule has 0 amide bonds. The first kappa shape index (κ1) is 15.3. The van der Waals surface area contributed by atoms with Crippen LogP contribution in [0.3, 0.4) is 0 Å². The van der Waals surface area contributed by atoms with Crippen molar-refractivity contribution in [2.45, 2.75) is 44.2 Å². The summed E-state index contributed by atoms with van der Waals surface area (Å²) in [7, 11) is 1.66. The first-order valence-electron chi connectivity index (χ1n) is 6.52. The van der Waals surface area contributed by atoms with Crippen molar-refractivity contribution in [3.05, 3.63) is 35.1 Å². The van der Waals surface area contributed by atoms with E-state index in [0.29, 0.717) is 5.56 Å². The van der Waals surface area contributed by atoms with Crippen LogP contribution in [0.5, 0.6) is 0 Å². The van der Waals surface area contributed by atoms with Gasteiger partial charge in [0.2, 0.25) is 0 Å². The molecule has 0 aromatic heterocycles. The molecule has 1 aliphatic heterocycles. The lowest BCUT2D eigenvalue weighted by atomic mass is 9.97. The van der Waals surface area contributed by atoms with Crippen molar-refractivity contribution >= 4 is 0 Å². The Hall–Kier alpha value is -1.14. The topological polar surface area (TPSA) is 21.3 Å². The van der Waals surface area contributed by atoms with E-state index in [1.165, 1.54) is 6.07 Å². The molecular weight excluding hydrogens is 274 g/mol. The van der Waals surface area contributed by atoms with Crippen LogP contribution in [0.15, 0.2) is 18.2 Å². The molecule has 6 heteroatoms. The van der Waals surface area contributed by atoms with E-state index in [0.717, 1.165) is 25.0 Å². The molecule has 2 nitrogen and oxygen atoms in total. The predicted molar refractivity (Wildman–Crippen MR) is 66.8 cm³/mol. The highest BCUT2D eigenvalue weighted by Gasteiger charge is 2.36. The molecule has 1 aliphatic rings. The standard InChI is InChI=1S/C14H17F4NO/c1-8-3-6-12(20-8)13(19-2)9-4-5-11(15)10(7-9)14(16,17)18/h4-5,7-8,12-13,19H,3,6H2,1-2H3. The fraction of sp³-hybridized carbons (Fsp3) is 0.571. The normalized spacial score (nSPS) is 24.9. The van der Waals surface area contributed by atoms with E-state index < -0.39 is 17.6 Å². The number of likely N-dealkylation sites (N-methyl/N-ethyl adjacent to an activating group) is 1. The molecule has 0 radical (unpaired) electrons. The molecule has 2 rings (SSSR count). The Bertz CT molecular complexity index is 475. The van der Waals surface area contributed by atoms with Gasteiger partial charge in [0, 0.05) is 0 Å². The summed E-state index contributed by atoms with van der Waals surface area (Å²) in [6, 6.07) is 2.73. The minimum absolute atomic E-state index is 0.0957. The summed E-state index contributed by atoms with van der Waals surface area (Å²) in [5.74, 6) is -1.25. The monoisotopic (exact) mass is 291 g/mol. The Balaban J connectivity index is 2.31. The van der Waals surface area contributed by atoms with Gasteiger partial charge in [-0.15, -0.1) is 0 Å². The number of benzene rings is 1. The Labute approximate surface area is 115 Å². The summed E-state index contributed by atoms with van der Waals surface area (Å²) in [5, 5.41) is 2.96. The highest BCUT2D eigenvalue weighted by molar-refractivity contribution is 5.30. The predicted octanol–water partition coefficient (Wildman–Crippen LogP) is 3.67. The summed E-state index contributed by atoms with van der Waals surface area (Å²) in [4.78, 5) is 0. The zero-order valence-electron chi connectivity index (χ0n) is 11.3. The molecule has 1 heterocycles. The number of nitrogens with one attached hydrogen (secondary N) is 1. The van der Waals surface area contributed by atoms with Crippen molar-refractivity contribution in [1.82, 2.24) is 5.32 Å². The van der Waals surface area contributed by atoms with Crippen molar-refractivity contribution in [2.24, 2.45) is 0 Å². The van der Waals surface area contributed by atoms with E-state index in [1.54, 1.807) is 7.05 Å². The van der Waals surface area contributed by atoms with Gasteiger partial charge in [-0.3, -0.25) is 0 Å². The first-order valence-corrected chi connectivity index (χ1v) is 6.52. The van der Waals surface area contributed by atoms with E-state index in [9.17, 15) is 17.6 Å². The van der Waals surface area contributed by atoms with Crippen LogP contribution in [-0.4, -0.2) is 19.3 Å². The summed E-state index contributed by atoms with van der Waals surface area (Å²) in [5.41, 5.74) is -0.846. The van der Waals surface area contributed by atoms with Gasteiger partial charge in [-0.1, -0.05) is 6.07 Å². The van der Waals surface area contributed by atoms with Gasteiger partial charge >= 0.3 is 6.18 Å². The van der Waals surface area contributed by atoms with Gasteiger partial charge in [0.15, 0.2) is 0 Å². The maximum atomic E-state index is 13.3. The molecule has 112 valence electrons. The van der Waals surface area contributed by atoms with Crippen LogP contribution in [-0.2, 0) is 10.9 Å². The SMILES string of the molecule is CNC(c1ccc(F)c(C(F)(F)F)c1)C1CCC(C)O1. The second-order valence-corrected chi connectivity index (χ2v) is 5.07. The highest BCUT2D eigenvalue weighted by Crippen LogP contribution is 2.35. The molecule has 1 aromatic carbocycles. The molecule has 3 unspecified atom stereocenters. The quantitative estimate of drug-likeness (QED) is 0.858. The maximum absolute atomic E-state index is 13.3. The van der Waals surface area contributed by atoms with Crippen molar-refractivity contribution in [2.75, 3.05) is 7.05 Å². The fourth-order valence-corrected chi connectivity index (χ4v) is 2.60. The van der Waals surface area contributed by atoms with Gasteiger partial charge < -0.3 is 10.1 Å². The lowest BCUT2D eigenvalue weighted by molar-refractivity contribution is -0.140. The largest absolute Gasteiger partial charge is 0.419 e. The van der Waals surface area contributed by atoms with E-state index in [2.05, 4.69) is 5.32 Å². The van der Waals surface area contributed by atoms with Gasteiger partial charge in [0.1, 0.15) is 5.82 Å². The lowest BCUT2D eigenvalue weighted by Gasteiger charge is -2.24. The van der Waals surface area contributed by atoms with Crippen LogP contribution in [0.1, 0.15) is 36.9 Å². The molecule has 1 aromatic rings. The fourth-order valence-electron chi connectivity index (χ4n) is 2.60. The number of halogens is 4. The molecule has 20 heavy (non-hydrogen) atoms. The second-order valence-electron chi connectivity index (χ2n) is 5.07. The Morgan fingerprint density at radius 1 is 1.30 bits per heavy atom. The molecule has 1 N–H and O–H groups in total. The van der Waals surface area contributed by atoms with Crippen molar-refractivity contribution in [1.29, 1.82) is 0 Å². The maximum Gasteiger partial charge on any atom is 0.419 e. The lowest BCUT2D eigenvalue weighted by Crippen LogP contribution is -2.30. The minimum atomic E-state index is -4.69. The zero-order valence-corrected chi connectivity index (χ0v) is 11.3. The Morgan fingerprint density at radius 3 is 2.50 bits per heavy atom. The van der Waals surface area contributed by atoms with Crippen molar-refractivity contribution < 1.29 is 22.3 Å². The van der Waals surface area contributed by atoms with Crippen LogP contribution in [0.4, 0.5) is 17.6 Å².